The number of methoxy groups -OCH3 is 1. The summed E-state index contributed by atoms with van der Waals surface area (Å²) in [6.45, 7) is 5.76. The topological polar surface area (TPSA) is 87.7 Å². The maximum absolute atomic E-state index is 12.6. The number of hydrogen-bond acceptors (Lipinski definition) is 6. The van der Waals surface area contributed by atoms with Gasteiger partial charge in [0.1, 0.15) is 0 Å². The molecule has 36 heavy (non-hydrogen) atoms. The first-order chi connectivity index (χ1) is 17.6. The molecule has 0 saturated heterocycles. The molecule has 0 spiro atoms. The lowest BCUT2D eigenvalue weighted by atomic mass is 10.1. The Labute approximate surface area is 208 Å². The van der Waals surface area contributed by atoms with E-state index in [4.69, 9.17) is 14.7 Å². The Morgan fingerprint density at radius 3 is 1.72 bits per heavy atom. The molecule has 0 unspecified atom stereocenters. The molecule has 0 atom stereocenters. The van der Waals surface area contributed by atoms with Gasteiger partial charge in [-0.05, 0) is 12.6 Å². The van der Waals surface area contributed by atoms with Crippen LogP contribution in [0, 0.1) is 0 Å². The monoisotopic (exact) mass is 476 g/mol. The Morgan fingerprint density at radius 1 is 0.750 bits per heavy atom. The number of carbonyl (C=O) groups excluding carboxylic acids is 1. The minimum atomic E-state index is -0.130. The lowest BCUT2D eigenvalue weighted by Gasteiger charge is -2.06. The Kier molecular flexibility index (Phi) is 6.23. The van der Waals surface area contributed by atoms with Crippen molar-refractivity contribution in [3.63, 3.8) is 0 Å². The van der Waals surface area contributed by atoms with Gasteiger partial charge in [0.05, 0.1) is 7.11 Å². The predicted molar refractivity (Wildman–Crippen MR) is 139 cm³/mol. The van der Waals surface area contributed by atoms with Gasteiger partial charge < -0.3 is 4.74 Å². The van der Waals surface area contributed by atoms with Crippen molar-refractivity contribution in [3.05, 3.63) is 91.5 Å². The van der Waals surface area contributed by atoms with Crippen molar-refractivity contribution in [2.75, 3.05) is 7.11 Å². The summed E-state index contributed by atoms with van der Waals surface area (Å²) in [5.74, 6) is 2.30. The quantitative estimate of drug-likeness (QED) is 0.282. The van der Waals surface area contributed by atoms with E-state index < -0.39 is 0 Å². The van der Waals surface area contributed by atoms with Crippen LogP contribution in [0.3, 0.4) is 0 Å². The van der Waals surface area contributed by atoms with Crippen LogP contribution in [-0.2, 0) is 4.74 Å². The maximum Gasteiger partial charge on any atom is 0.248 e. The fraction of sp³-hybridized carbons (Fsp3) is 0.107. The first-order valence-corrected chi connectivity index (χ1v) is 11.5. The van der Waals surface area contributed by atoms with Gasteiger partial charge in [-0.15, -0.1) is 10.2 Å². The molecule has 5 rings (SSSR count). The number of hydrogen-bond donors (Lipinski definition) is 0. The first-order valence-electron chi connectivity index (χ1n) is 11.5. The molecule has 2 heterocycles. The average Bonchev–Trinajstić information content (AvgIpc) is 3.59. The number of benzene rings is 3. The van der Waals surface area contributed by atoms with Crippen LogP contribution in [0.25, 0.3) is 51.4 Å². The van der Waals surface area contributed by atoms with Gasteiger partial charge in [0, 0.05) is 28.7 Å². The summed E-state index contributed by atoms with van der Waals surface area (Å²) in [6.07, 6.45) is 0.315. The molecular weight excluding hydrogens is 452 g/mol. The Bertz CT molecular complexity index is 1420. The van der Waals surface area contributed by atoms with E-state index in [-0.39, 0.29) is 5.91 Å². The van der Waals surface area contributed by atoms with E-state index in [0.717, 1.165) is 22.3 Å². The molecule has 0 amide bonds. The molecule has 0 bridgehead atoms. The number of rotatable bonds is 7. The molecular formula is C28H24N6O2. The van der Waals surface area contributed by atoms with Gasteiger partial charge >= 0.3 is 0 Å². The van der Waals surface area contributed by atoms with E-state index in [1.165, 1.54) is 4.68 Å². The van der Waals surface area contributed by atoms with E-state index in [1.54, 1.807) is 18.7 Å². The molecule has 0 aliphatic heterocycles. The zero-order valence-electron chi connectivity index (χ0n) is 20.0. The van der Waals surface area contributed by atoms with Crippen LogP contribution in [0.4, 0.5) is 0 Å². The van der Waals surface area contributed by atoms with Crippen molar-refractivity contribution >= 4 is 11.8 Å². The van der Waals surface area contributed by atoms with E-state index >= 15 is 0 Å². The highest BCUT2D eigenvalue weighted by molar-refractivity contribution is 5.83. The van der Waals surface area contributed by atoms with Crippen molar-refractivity contribution < 1.29 is 9.53 Å². The number of aromatic nitrogens is 6. The van der Waals surface area contributed by atoms with Gasteiger partial charge in [-0.2, -0.15) is 9.36 Å². The second-order valence-corrected chi connectivity index (χ2v) is 8.00. The lowest BCUT2D eigenvalue weighted by molar-refractivity contribution is 0.0895. The summed E-state index contributed by atoms with van der Waals surface area (Å²) in [6, 6.07) is 26.9. The number of carbonyl (C=O) groups is 1. The minimum absolute atomic E-state index is 0.130. The van der Waals surface area contributed by atoms with Crippen LogP contribution in [0.2, 0.25) is 0 Å². The van der Waals surface area contributed by atoms with Gasteiger partial charge in [-0.25, -0.2) is 9.97 Å². The highest BCUT2D eigenvalue weighted by Crippen LogP contribution is 2.28. The van der Waals surface area contributed by atoms with Crippen molar-refractivity contribution in [2.45, 2.75) is 13.3 Å². The number of nitrogens with zero attached hydrogens (tertiary/aromatic N) is 6. The Morgan fingerprint density at radius 2 is 1.22 bits per heavy atom. The summed E-state index contributed by atoms with van der Waals surface area (Å²) >= 11 is 0. The van der Waals surface area contributed by atoms with Gasteiger partial charge in [0.2, 0.25) is 11.8 Å². The molecule has 0 aliphatic carbocycles. The molecule has 0 N–H and O–H groups in total. The largest absolute Gasteiger partial charge is 0.481 e. The summed E-state index contributed by atoms with van der Waals surface area (Å²) in [7, 11) is 1.54. The summed E-state index contributed by atoms with van der Waals surface area (Å²) in [5, 5.41) is 9.21. The molecule has 178 valence electrons. The fourth-order valence-electron chi connectivity index (χ4n) is 3.80. The van der Waals surface area contributed by atoms with Crippen LogP contribution in [0.1, 0.15) is 18.1 Å². The highest BCUT2D eigenvalue weighted by Gasteiger charge is 2.20. The third-order valence-electron chi connectivity index (χ3n) is 5.67. The Hall–Kier alpha value is -4.85. The molecule has 0 radical (unpaired) electrons. The van der Waals surface area contributed by atoms with E-state index in [9.17, 15) is 4.79 Å². The third kappa shape index (κ3) is 4.32. The van der Waals surface area contributed by atoms with Crippen molar-refractivity contribution in [2.24, 2.45) is 0 Å². The average molecular weight is 477 g/mol. The minimum Gasteiger partial charge on any atom is -0.481 e. The summed E-state index contributed by atoms with van der Waals surface area (Å²) in [5.41, 5.74) is 3.22. The standard InChI is InChI=1S/C28H24N6O2/c1-4-24(35)34-28(21-14-9-6-10-15-21)30-26(32-34)23-17-11-16-22(18-23)25-29-27(20-12-7-5-8-13-20)33(31-25)19(2)36-3/h5-18H,2,4H2,1,3H3. The molecule has 2 aromatic heterocycles. The van der Waals surface area contributed by atoms with Crippen LogP contribution >= 0.6 is 0 Å². The first kappa shape index (κ1) is 22.9. The molecule has 0 fully saturated rings. The fourth-order valence-corrected chi connectivity index (χ4v) is 3.80. The van der Waals surface area contributed by atoms with E-state index in [2.05, 4.69) is 16.8 Å². The van der Waals surface area contributed by atoms with Crippen molar-refractivity contribution in [3.8, 4) is 45.6 Å². The van der Waals surface area contributed by atoms with Crippen molar-refractivity contribution in [1.82, 2.24) is 29.5 Å². The van der Waals surface area contributed by atoms with Gasteiger partial charge in [0.15, 0.2) is 23.3 Å². The molecule has 8 heteroatoms. The van der Waals surface area contributed by atoms with Gasteiger partial charge in [0.25, 0.3) is 0 Å². The molecule has 0 saturated carbocycles. The summed E-state index contributed by atoms with van der Waals surface area (Å²) < 4.78 is 8.30. The second kappa shape index (κ2) is 9.79. The zero-order chi connectivity index (χ0) is 25.1. The number of ether oxygens (including phenoxy) is 1. The Balaban J connectivity index is 1.59. The molecule has 0 aliphatic rings. The summed E-state index contributed by atoms with van der Waals surface area (Å²) in [4.78, 5) is 22.1. The maximum atomic E-state index is 12.6. The van der Waals surface area contributed by atoms with Crippen LogP contribution in [0.15, 0.2) is 91.5 Å². The molecule has 3 aromatic carbocycles. The SMILES string of the molecule is C=C(OC)n1nc(-c2cccc(-c3nc(-c4ccccc4)n(C(=O)CC)n3)c2)nc1-c1ccccc1. The lowest BCUT2D eigenvalue weighted by Crippen LogP contribution is -2.12. The predicted octanol–water partition coefficient (Wildman–Crippen LogP) is 5.66. The third-order valence-corrected chi connectivity index (χ3v) is 5.67. The smallest absolute Gasteiger partial charge is 0.248 e. The van der Waals surface area contributed by atoms with Crippen molar-refractivity contribution in [1.29, 1.82) is 0 Å². The van der Waals surface area contributed by atoms with Crippen LogP contribution < -0.4 is 0 Å². The second-order valence-electron chi connectivity index (χ2n) is 8.00. The molecule has 5 aromatic rings. The van der Waals surface area contributed by atoms with E-state index in [0.29, 0.717) is 35.6 Å². The van der Waals surface area contributed by atoms with Gasteiger partial charge in [-0.1, -0.05) is 85.8 Å². The molecule has 8 nitrogen and oxygen atoms in total. The van der Waals surface area contributed by atoms with Crippen LogP contribution in [0.5, 0.6) is 0 Å². The van der Waals surface area contributed by atoms with Crippen LogP contribution in [-0.4, -0.2) is 42.5 Å². The highest BCUT2D eigenvalue weighted by atomic mass is 16.5. The van der Waals surface area contributed by atoms with E-state index in [1.807, 2.05) is 84.9 Å². The zero-order valence-corrected chi connectivity index (χ0v) is 20.0. The van der Waals surface area contributed by atoms with Gasteiger partial charge in [-0.3, -0.25) is 4.79 Å². The normalized spacial score (nSPS) is 10.8.